The normalized spacial score (nSPS) is 13.3. The molecular formula is C23H29ClF3NO4. The molecule has 0 radical (unpaired) electrons. The highest BCUT2D eigenvalue weighted by Crippen LogP contribution is 2.37. The van der Waals surface area contributed by atoms with Crippen LogP contribution in [0, 0.1) is 0 Å². The van der Waals surface area contributed by atoms with E-state index in [1.54, 1.807) is 6.07 Å². The Bertz CT molecular complexity index is 888. The number of aliphatic hydroxyl groups excluding tert-OH is 2. The van der Waals surface area contributed by atoms with Gasteiger partial charge in [-0.1, -0.05) is 18.2 Å². The van der Waals surface area contributed by atoms with Crippen molar-refractivity contribution in [2.45, 2.75) is 43.8 Å². The van der Waals surface area contributed by atoms with Crippen molar-refractivity contribution in [3.05, 3.63) is 58.7 Å². The zero-order valence-corrected chi connectivity index (χ0v) is 18.5. The first-order chi connectivity index (χ1) is 14.7. The van der Waals surface area contributed by atoms with Crippen molar-refractivity contribution in [1.82, 2.24) is 0 Å². The van der Waals surface area contributed by atoms with Gasteiger partial charge in [0, 0.05) is 6.42 Å². The number of halogens is 4. The first-order valence-electron chi connectivity index (χ1n) is 10.3. The lowest BCUT2D eigenvalue weighted by atomic mass is 9.93. The lowest BCUT2D eigenvalue weighted by Crippen LogP contribution is -2.47. The van der Waals surface area contributed by atoms with E-state index < -0.39 is 30.5 Å². The topological polar surface area (TPSA) is 84.9 Å². The lowest BCUT2D eigenvalue weighted by molar-refractivity contribution is -0.139. The van der Waals surface area contributed by atoms with Gasteiger partial charge in [-0.05, 0) is 60.6 Å². The van der Waals surface area contributed by atoms with Crippen LogP contribution in [0.4, 0.5) is 13.2 Å². The molecule has 0 aliphatic carbocycles. The molecule has 0 spiro atoms. The standard InChI is InChI=1S/C23H28F3NO4.ClH/c24-23(25,26)19-13-17(7-9-22(27,14-28)15-29)4-6-21(19)30-10-1-2-16-3-5-20-18(12-16)8-11-31-20;/h3-6,12-13,28-29H,1-2,7-11,14-15,27H2;1H. The van der Waals surface area contributed by atoms with E-state index in [1.807, 2.05) is 12.1 Å². The smallest absolute Gasteiger partial charge is 0.419 e. The van der Waals surface area contributed by atoms with Gasteiger partial charge in [0.05, 0.1) is 37.5 Å². The van der Waals surface area contributed by atoms with Crippen LogP contribution >= 0.6 is 12.4 Å². The van der Waals surface area contributed by atoms with E-state index in [-0.39, 0.29) is 37.6 Å². The van der Waals surface area contributed by atoms with Crippen molar-refractivity contribution < 1.29 is 32.9 Å². The summed E-state index contributed by atoms with van der Waals surface area (Å²) >= 11 is 0. The molecule has 3 rings (SSSR count). The van der Waals surface area contributed by atoms with Crippen molar-refractivity contribution in [3.8, 4) is 11.5 Å². The molecule has 0 aromatic heterocycles. The van der Waals surface area contributed by atoms with E-state index in [0.717, 1.165) is 29.4 Å². The molecule has 2 aromatic carbocycles. The molecule has 0 fully saturated rings. The van der Waals surface area contributed by atoms with Crippen molar-refractivity contribution in [2.75, 3.05) is 26.4 Å². The number of alkyl halides is 3. The number of ether oxygens (including phenoxy) is 2. The minimum Gasteiger partial charge on any atom is -0.493 e. The third-order valence-electron chi connectivity index (χ3n) is 5.51. The number of hydrogen-bond acceptors (Lipinski definition) is 5. The van der Waals surface area contributed by atoms with Crippen LogP contribution in [0.2, 0.25) is 0 Å². The molecule has 32 heavy (non-hydrogen) atoms. The summed E-state index contributed by atoms with van der Waals surface area (Å²) in [7, 11) is 0. The fourth-order valence-corrected chi connectivity index (χ4v) is 3.54. The molecule has 0 unspecified atom stereocenters. The quantitative estimate of drug-likeness (QED) is 0.456. The molecule has 1 aliphatic heterocycles. The van der Waals surface area contributed by atoms with Crippen molar-refractivity contribution in [3.63, 3.8) is 0 Å². The second-order valence-corrected chi connectivity index (χ2v) is 8.00. The lowest BCUT2D eigenvalue weighted by Gasteiger charge is -2.24. The zero-order valence-electron chi connectivity index (χ0n) is 17.7. The minimum absolute atomic E-state index is 0. The van der Waals surface area contributed by atoms with Gasteiger partial charge >= 0.3 is 6.18 Å². The minimum atomic E-state index is -4.56. The predicted molar refractivity (Wildman–Crippen MR) is 118 cm³/mol. The van der Waals surface area contributed by atoms with Crippen LogP contribution in [-0.4, -0.2) is 42.2 Å². The van der Waals surface area contributed by atoms with Gasteiger partial charge in [-0.2, -0.15) is 13.2 Å². The molecule has 0 saturated heterocycles. The highest BCUT2D eigenvalue weighted by Gasteiger charge is 2.35. The number of aliphatic hydroxyl groups is 2. The molecule has 0 bridgehead atoms. The molecule has 0 amide bonds. The number of nitrogens with two attached hydrogens (primary N) is 1. The van der Waals surface area contributed by atoms with Crippen molar-refractivity contribution >= 4 is 12.4 Å². The van der Waals surface area contributed by atoms with Crippen molar-refractivity contribution in [1.29, 1.82) is 0 Å². The maximum Gasteiger partial charge on any atom is 0.419 e. The predicted octanol–water partition coefficient (Wildman–Crippen LogP) is 3.69. The van der Waals surface area contributed by atoms with E-state index in [1.165, 1.54) is 6.07 Å². The van der Waals surface area contributed by atoms with Crippen LogP contribution in [-0.2, 0) is 25.4 Å². The average Bonchev–Trinajstić information content (AvgIpc) is 3.22. The van der Waals surface area contributed by atoms with E-state index in [0.29, 0.717) is 25.0 Å². The number of hydrogen-bond donors (Lipinski definition) is 3. The van der Waals surface area contributed by atoms with Gasteiger partial charge < -0.3 is 25.4 Å². The molecule has 0 atom stereocenters. The maximum atomic E-state index is 13.5. The highest BCUT2D eigenvalue weighted by molar-refractivity contribution is 5.85. The summed E-state index contributed by atoms with van der Waals surface area (Å²) in [6, 6.07) is 9.90. The average molecular weight is 476 g/mol. The summed E-state index contributed by atoms with van der Waals surface area (Å²) in [6.45, 7) is -0.0521. The number of fused-ring (bicyclic) bond motifs is 1. The van der Waals surface area contributed by atoms with Gasteiger partial charge in [0.2, 0.25) is 0 Å². The van der Waals surface area contributed by atoms with Gasteiger partial charge in [-0.15, -0.1) is 12.4 Å². The molecule has 1 heterocycles. The Hall–Kier alpha value is -2.00. The summed E-state index contributed by atoms with van der Waals surface area (Å²) in [5.74, 6) is 0.696. The largest absolute Gasteiger partial charge is 0.493 e. The first-order valence-corrected chi connectivity index (χ1v) is 10.3. The van der Waals surface area contributed by atoms with Crippen LogP contribution in [0.25, 0.3) is 0 Å². The molecular weight excluding hydrogens is 447 g/mol. The zero-order chi connectivity index (χ0) is 22.5. The Morgan fingerprint density at radius 1 is 1.00 bits per heavy atom. The summed E-state index contributed by atoms with van der Waals surface area (Å²) < 4.78 is 51.6. The summed E-state index contributed by atoms with van der Waals surface area (Å²) in [4.78, 5) is 0. The second kappa shape index (κ2) is 11.2. The Labute approximate surface area is 191 Å². The van der Waals surface area contributed by atoms with Gasteiger partial charge in [-0.25, -0.2) is 0 Å². The Kier molecular flexibility index (Phi) is 9.21. The van der Waals surface area contributed by atoms with Gasteiger partial charge in [-0.3, -0.25) is 0 Å². The van der Waals surface area contributed by atoms with Gasteiger partial charge in [0.1, 0.15) is 11.5 Å². The first kappa shape index (κ1) is 26.3. The van der Waals surface area contributed by atoms with Gasteiger partial charge in [0.25, 0.3) is 0 Å². The molecule has 178 valence electrons. The molecule has 1 aliphatic rings. The highest BCUT2D eigenvalue weighted by atomic mass is 35.5. The van der Waals surface area contributed by atoms with Crippen LogP contribution in [0.5, 0.6) is 11.5 Å². The SMILES string of the molecule is Cl.NC(CO)(CO)CCc1ccc(OCCCc2ccc3c(c2)CCO3)c(C(F)(F)F)c1. The summed E-state index contributed by atoms with van der Waals surface area (Å²) in [5, 5.41) is 18.5. The molecule has 9 heteroatoms. The van der Waals surface area contributed by atoms with Crippen molar-refractivity contribution in [2.24, 2.45) is 5.73 Å². The third-order valence-corrected chi connectivity index (χ3v) is 5.51. The summed E-state index contributed by atoms with van der Waals surface area (Å²) in [6.07, 6.45) is -2.04. The Balaban J connectivity index is 0.00000363. The van der Waals surface area contributed by atoms with Gasteiger partial charge in [0.15, 0.2) is 0 Å². The van der Waals surface area contributed by atoms with E-state index in [4.69, 9.17) is 15.2 Å². The number of aryl methyl sites for hydroxylation is 2. The maximum absolute atomic E-state index is 13.5. The molecule has 4 N–H and O–H groups in total. The molecule has 0 saturated carbocycles. The fourth-order valence-electron chi connectivity index (χ4n) is 3.54. The molecule has 2 aromatic rings. The van der Waals surface area contributed by atoms with Crippen LogP contribution in [0.15, 0.2) is 36.4 Å². The van der Waals surface area contributed by atoms with Crippen LogP contribution in [0.1, 0.15) is 35.1 Å². The molecule has 5 nitrogen and oxygen atoms in total. The van der Waals surface area contributed by atoms with Crippen LogP contribution in [0.3, 0.4) is 0 Å². The Morgan fingerprint density at radius 2 is 1.69 bits per heavy atom. The van der Waals surface area contributed by atoms with E-state index >= 15 is 0 Å². The van der Waals surface area contributed by atoms with Crippen LogP contribution < -0.4 is 15.2 Å². The fraction of sp³-hybridized carbons (Fsp3) is 0.478. The van der Waals surface area contributed by atoms with E-state index in [9.17, 15) is 23.4 Å². The Morgan fingerprint density at radius 3 is 2.38 bits per heavy atom. The second-order valence-electron chi connectivity index (χ2n) is 8.00. The summed E-state index contributed by atoms with van der Waals surface area (Å²) in [5.41, 5.74) is 6.43. The monoisotopic (exact) mass is 475 g/mol. The number of rotatable bonds is 10. The van der Waals surface area contributed by atoms with E-state index in [2.05, 4.69) is 6.07 Å². The third kappa shape index (κ3) is 6.75. The number of benzene rings is 2.